The van der Waals surface area contributed by atoms with Gasteiger partial charge in [0.05, 0.1) is 18.8 Å². The zero-order valence-electron chi connectivity index (χ0n) is 13.0. The molecular weight excluding hydrogens is 319 g/mol. The molecule has 2 aromatic rings. The zero-order chi connectivity index (χ0) is 17.1. The summed E-state index contributed by atoms with van der Waals surface area (Å²) in [6.45, 7) is 1.64. The molecule has 1 saturated heterocycles. The Labute approximate surface area is 138 Å². The van der Waals surface area contributed by atoms with Gasteiger partial charge in [0.1, 0.15) is 5.82 Å². The Hall–Kier alpha value is -1.89. The molecule has 1 fully saturated rings. The first kappa shape index (κ1) is 17.0. The number of aliphatic hydroxyl groups excluding tert-OH is 1. The van der Waals surface area contributed by atoms with Crippen molar-refractivity contribution in [2.75, 3.05) is 26.2 Å². The number of hydrogen-bond donors (Lipinski definition) is 1. The fraction of sp³-hybridized carbons (Fsp3) is 0.333. The highest BCUT2D eigenvalue weighted by Gasteiger charge is 2.26. The number of rotatable bonds is 4. The normalized spacial score (nSPS) is 20.1. The van der Waals surface area contributed by atoms with Gasteiger partial charge in [0.15, 0.2) is 11.6 Å². The second kappa shape index (κ2) is 7.34. The van der Waals surface area contributed by atoms with E-state index in [0.717, 1.165) is 12.1 Å². The Morgan fingerprint density at radius 1 is 1.08 bits per heavy atom. The van der Waals surface area contributed by atoms with Crippen molar-refractivity contribution in [3.8, 4) is 0 Å². The fourth-order valence-electron chi connectivity index (χ4n) is 2.86. The molecule has 6 heteroatoms. The Morgan fingerprint density at radius 3 is 2.62 bits per heavy atom. The molecule has 0 radical (unpaired) electrons. The average Bonchev–Trinajstić information content (AvgIpc) is 2.58. The highest BCUT2D eigenvalue weighted by atomic mass is 19.2. The van der Waals surface area contributed by atoms with Crippen molar-refractivity contribution in [1.82, 2.24) is 4.90 Å². The van der Waals surface area contributed by atoms with E-state index in [-0.39, 0.29) is 12.4 Å². The van der Waals surface area contributed by atoms with E-state index in [0.29, 0.717) is 30.8 Å². The molecule has 0 aliphatic carbocycles. The van der Waals surface area contributed by atoms with Gasteiger partial charge in [-0.2, -0.15) is 0 Å². The maximum atomic E-state index is 13.9. The zero-order valence-corrected chi connectivity index (χ0v) is 13.0. The largest absolute Gasteiger partial charge is 0.387 e. The van der Waals surface area contributed by atoms with Crippen LogP contribution in [0.3, 0.4) is 0 Å². The predicted molar refractivity (Wildman–Crippen MR) is 82.9 cm³/mol. The van der Waals surface area contributed by atoms with Crippen LogP contribution >= 0.6 is 0 Å². The number of morpholine rings is 1. The number of hydrogen-bond acceptors (Lipinski definition) is 3. The van der Waals surface area contributed by atoms with Crippen LogP contribution in [0.2, 0.25) is 0 Å². The van der Waals surface area contributed by atoms with E-state index in [1.165, 1.54) is 12.1 Å². The van der Waals surface area contributed by atoms with Crippen molar-refractivity contribution in [1.29, 1.82) is 0 Å². The number of β-amino-alcohol motifs (C(OH)–C–C–N with tert-alkyl or cyclic N) is 1. The van der Waals surface area contributed by atoms with Gasteiger partial charge in [0, 0.05) is 25.2 Å². The molecule has 1 N–H and O–H groups in total. The minimum absolute atomic E-state index is 0.236. The molecular formula is C18H18F3NO2. The molecule has 3 rings (SSSR count). The lowest BCUT2D eigenvalue weighted by atomic mass is 10.1. The second-order valence-electron chi connectivity index (χ2n) is 5.83. The first-order valence-electron chi connectivity index (χ1n) is 7.76. The molecule has 2 atom stereocenters. The lowest BCUT2D eigenvalue weighted by molar-refractivity contribution is -0.0437. The maximum absolute atomic E-state index is 13.9. The minimum atomic E-state index is -0.988. The molecule has 1 heterocycles. The van der Waals surface area contributed by atoms with E-state index >= 15 is 0 Å². The van der Waals surface area contributed by atoms with Crippen LogP contribution in [0.5, 0.6) is 0 Å². The van der Waals surface area contributed by atoms with Crippen molar-refractivity contribution in [2.45, 2.75) is 12.2 Å². The van der Waals surface area contributed by atoms with E-state index in [1.54, 1.807) is 18.2 Å². The molecule has 0 aromatic heterocycles. The van der Waals surface area contributed by atoms with Gasteiger partial charge in [-0.1, -0.05) is 24.3 Å². The molecule has 0 bridgehead atoms. The van der Waals surface area contributed by atoms with Crippen LogP contribution in [0, 0.1) is 17.5 Å². The highest BCUT2D eigenvalue weighted by molar-refractivity contribution is 5.22. The van der Waals surface area contributed by atoms with Crippen LogP contribution in [0.15, 0.2) is 42.5 Å². The number of halogens is 3. The monoisotopic (exact) mass is 337 g/mol. The molecule has 2 aromatic carbocycles. The quantitative estimate of drug-likeness (QED) is 0.930. The molecule has 128 valence electrons. The standard InChI is InChI=1S/C18H18F3NO2/c19-14-4-2-1-3-13(14)18-11-22(7-8-24-18)10-17(23)12-5-6-15(20)16(21)9-12/h1-6,9,17-18,23H,7-8,10-11H2. The Balaban J connectivity index is 1.67. The third-order valence-corrected chi connectivity index (χ3v) is 4.16. The predicted octanol–water partition coefficient (Wildman–Crippen LogP) is 3.21. The van der Waals surface area contributed by atoms with Crippen LogP contribution in [0.25, 0.3) is 0 Å². The van der Waals surface area contributed by atoms with Gasteiger partial charge in [-0.3, -0.25) is 4.90 Å². The molecule has 0 spiro atoms. The SMILES string of the molecule is OC(CN1CCOC(c2ccccc2F)C1)c1ccc(F)c(F)c1. The summed E-state index contributed by atoms with van der Waals surface area (Å²) in [6.07, 6.45) is -1.38. The molecule has 0 saturated carbocycles. The van der Waals surface area contributed by atoms with Crippen molar-refractivity contribution in [3.05, 3.63) is 71.0 Å². The van der Waals surface area contributed by atoms with Crippen molar-refractivity contribution >= 4 is 0 Å². The van der Waals surface area contributed by atoms with Crippen LogP contribution in [-0.4, -0.2) is 36.2 Å². The number of aliphatic hydroxyl groups is 1. The summed E-state index contributed by atoms with van der Waals surface area (Å²) in [5, 5.41) is 10.3. The van der Waals surface area contributed by atoms with Gasteiger partial charge in [-0.05, 0) is 23.8 Å². The van der Waals surface area contributed by atoms with Crippen molar-refractivity contribution in [2.24, 2.45) is 0 Å². The summed E-state index contributed by atoms with van der Waals surface area (Å²) < 4.78 is 45.8. The molecule has 1 aliphatic rings. The van der Waals surface area contributed by atoms with E-state index in [1.807, 2.05) is 4.90 Å². The summed E-state index contributed by atoms with van der Waals surface area (Å²) >= 11 is 0. The van der Waals surface area contributed by atoms with Gasteiger partial charge in [0.25, 0.3) is 0 Å². The van der Waals surface area contributed by atoms with Gasteiger partial charge < -0.3 is 9.84 Å². The first-order chi connectivity index (χ1) is 11.5. The van der Waals surface area contributed by atoms with E-state index < -0.39 is 23.8 Å². The van der Waals surface area contributed by atoms with Crippen molar-refractivity contribution < 1.29 is 23.0 Å². The Morgan fingerprint density at radius 2 is 1.88 bits per heavy atom. The summed E-state index contributed by atoms with van der Waals surface area (Å²) in [7, 11) is 0. The highest BCUT2D eigenvalue weighted by Crippen LogP contribution is 2.26. The topological polar surface area (TPSA) is 32.7 Å². The van der Waals surface area contributed by atoms with Crippen LogP contribution in [-0.2, 0) is 4.74 Å². The van der Waals surface area contributed by atoms with E-state index in [2.05, 4.69) is 0 Å². The number of nitrogens with zero attached hydrogens (tertiary/aromatic N) is 1. The number of ether oxygens (including phenoxy) is 1. The summed E-state index contributed by atoms with van der Waals surface area (Å²) in [4.78, 5) is 1.92. The van der Waals surface area contributed by atoms with Crippen LogP contribution in [0.4, 0.5) is 13.2 Å². The maximum Gasteiger partial charge on any atom is 0.159 e. The smallest absolute Gasteiger partial charge is 0.159 e. The lowest BCUT2D eigenvalue weighted by Gasteiger charge is -2.34. The van der Waals surface area contributed by atoms with Gasteiger partial charge in [-0.25, -0.2) is 13.2 Å². The van der Waals surface area contributed by atoms with Gasteiger partial charge in [0.2, 0.25) is 0 Å². The van der Waals surface area contributed by atoms with Crippen molar-refractivity contribution in [3.63, 3.8) is 0 Å². The first-order valence-corrected chi connectivity index (χ1v) is 7.76. The second-order valence-corrected chi connectivity index (χ2v) is 5.83. The Bertz CT molecular complexity index is 710. The third kappa shape index (κ3) is 3.77. The van der Waals surface area contributed by atoms with Crippen LogP contribution in [0.1, 0.15) is 23.3 Å². The van der Waals surface area contributed by atoms with Crippen LogP contribution < -0.4 is 0 Å². The third-order valence-electron chi connectivity index (χ3n) is 4.16. The molecule has 0 amide bonds. The lowest BCUT2D eigenvalue weighted by Crippen LogP contribution is -2.40. The fourth-order valence-corrected chi connectivity index (χ4v) is 2.86. The minimum Gasteiger partial charge on any atom is -0.387 e. The molecule has 3 nitrogen and oxygen atoms in total. The molecule has 2 unspecified atom stereocenters. The summed E-state index contributed by atoms with van der Waals surface area (Å²) in [5.41, 5.74) is 0.785. The average molecular weight is 337 g/mol. The summed E-state index contributed by atoms with van der Waals surface area (Å²) in [5.74, 6) is -2.26. The Kier molecular flexibility index (Phi) is 5.18. The number of benzene rings is 2. The van der Waals surface area contributed by atoms with E-state index in [9.17, 15) is 18.3 Å². The van der Waals surface area contributed by atoms with Gasteiger partial charge in [-0.15, -0.1) is 0 Å². The summed E-state index contributed by atoms with van der Waals surface area (Å²) in [6, 6.07) is 9.77. The molecule has 24 heavy (non-hydrogen) atoms. The van der Waals surface area contributed by atoms with Gasteiger partial charge >= 0.3 is 0 Å². The molecule has 1 aliphatic heterocycles. The van der Waals surface area contributed by atoms with E-state index in [4.69, 9.17) is 4.74 Å².